The van der Waals surface area contributed by atoms with Crippen LogP contribution in [0.2, 0.25) is 0 Å². The van der Waals surface area contributed by atoms with Gasteiger partial charge in [-0.15, -0.1) is 52.6 Å². The van der Waals surface area contributed by atoms with Gasteiger partial charge in [0.05, 0.1) is 6.33 Å². The first kappa shape index (κ1) is 33.5. The molecule has 0 radical (unpaired) electrons. The predicted molar refractivity (Wildman–Crippen MR) is 56.3 cm³/mol. The Morgan fingerprint density at radius 3 is 0.636 bits per heavy atom. The molecule has 11 heavy (non-hydrogen) atoms. The van der Waals surface area contributed by atoms with Crippen molar-refractivity contribution in [2.75, 3.05) is 0 Å². The number of hydrogen-bond donors (Lipinski definition) is 0. The van der Waals surface area contributed by atoms with Crippen LogP contribution in [0.25, 0.3) is 0 Å². The van der Waals surface area contributed by atoms with Crippen LogP contribution in [-0.2, 0) is 0 Å². The molecule has 0 aliphatic carbocycles. The summed E-state index contributed by atoms with van der Waals surface area (Å²) in [5, 5.41) is 0. The summed E-state index contributed by atoms with van der Waals surface area (Å²) < 4.78 is 10.1. The van der Waals surface area contributed by atoms with Crippen molar-refractivity contribution < 1.29 is 4.39 Å². The smallest absolute Gasteiger partial charge is 0.0795 e. The van der Waals surface area contributed by atoms with Crippen LogP contribution in [0.15, 0.2) is 65.5 Å². The van der Waals surface area contributed by atoms with Gasteiger partial charge in [-0.25, -0.2) is 4.39 Å². The van der Waals surface area contributed by atoms with E-state index >= 15 is 0 Å². The van der Waals surface area contributed by atoms with Crippen molar-refractivity contribution in [2.45, 2.75) is 0 Å². The third-order valence-corrected chi connectivity index (χ3v) is 0. The average molecular weight is 158 g/mol. The molecule has 1 heteroatoms. The van der Waals surface area contributed by atoms with E-state index in [-0.39, 0.29) is 6.33 Å². The molecule has 66 valence electrons. The van der Waals surface area contributed by atoms with Crippen molar-refractivity contribution in [3.05, 3.63) is 65.5 Å². The molecule has 0 fully saturated rings. The van der Waals surface area contributed by atoms with E-state index in [9.17, 15) is 4.39 Å². The average Bonchev–Trinajstić information content (AvgIpc) is 2.18. The summed E-state index contributed by atoms with van der Waals surface area (Å²) in [5.74, 6) is 0. The summed E-state index contributed by atoms with van der Waals surface area (Å²) >= 11 is 0. The Hall–Kier alpha value is -1.37. The van der Waals surface area contributed by atoms with Gasteiger partial charge in [-0.3, -0.25) is 0 Å². The normalized spacial score (nSPS) is 2.64. The third-order valence-electron chi connectivity index (χ3n) is 0. The van der Waals surface area contributed by atoms with E-state index in [4.69, 9.17) is 0 Å². The first-order chi connectivity index (χ1) is 5.41. The molecule has 0 saturated carbocycles. The van der Waals surface area contributed by atoms with E-state index in [0.717, 1.165) is 0 Å². The van der Waals surface area contributed by atoms with Gasteiger partial charge in [-0.05, 0) is 0 Å². The third kappa shape index (κ3) is 202. The summed E-state index contributed by atoms with van der Waals surface area (Å²) in [7, 11) is 0. The van der Waals surface area contributed by atoms with Gasteiger partial charge in [-0.1, -0.05) is 6.58 Å². The lowest BCUT2D eigenvalue weighted by Gasteiger charge is -1.28. The van der Waals surface area contributed by atoms with Crippen molar-refractivity contribution in [1.29, 1.82) is 0 Å². The largest absolute Gasteiger partial charge is 0.216 e. The highest BCUT2D eigenvalue weighted by Crippen LogP contribution is 1.48. The van der Waals surface area contributed by atoms with Gasteiger partial charge in [0.25, 0.3) is 0 Å². The molecule has 0 saturated heterocycles. The van der Waals surface area contributed by atoms with Crippen LogP contribution in [0, 0.1) is 0 Å². The molecule has 0 amide bonds. The molecule has 0 heterocycles. The van der Waals surface area contributed by atoms with Gasteiger partial charge in [-0.2, -0.15) is 0 Å². The molecule has 0 aromatic carbocycles. The minimum Gasteiger partial charge on any atom is -0.216 e. The molecule has 0 aliphatic heterocycles. The maximum Gasteiger partial charge on any atom is 0.0795 e. The Balaban J connectivity index is -0.0000000139. The maximum atomic E-state index is 10.1. The number of rotatable bonds is 0. The van der Waals surface area contributed by atoms with Crippen molar-refractivity contribution in [2.24, 2.45) is 0 Å². The molecule has 0 spiro atoms. The van der Waals surface area contributed by atoms with Crippen molar-refractivity contribution in [3.63, 3.8) is 0 Å². The monoisotopic (exact) mass is 158 g/mol. The Bertz CT molecular complexity index is 34.1. The van der Waals surface area contributed by atoms with Crippen molar-refractivity contribution in [3.8, 4) is 0 Å². The minimum absolute atomic E-state index is 0.250. The second-order valence-corrected chi connectivity index (χ2v) is 0.154. The van der Waals surface area contributed by atoms with Crippen LogP contribution in [0.4, 0.5) is 4.39 Å². The molecule has 0 unspecified atom stereocenters. The lowest BCUT2D eigenvalue weighted by atomic mass is 11.2. The lowest BCUT2D eigenvalue weighted by molar-refractivity contribution is 0.725. The zero-order valence-corrected chi connectivity index (χ0v) is 7.32. The van der Waals surface area contributed by atoms with Crippen LogP contribution in [0.1, 0.15) is 0 Å². The fourth-order valence-corrected chi connectivity index (χ4v) is 0. The van der Waals surface area contributed by atoms with E-state index in [1.54, 1.807) is 0 Å². The molecule has 0 aliphatic rings. The van der Waals surface area contributed by atoms with E-state index in [0.29, 0.717) is 0 Å². The fraction of sp³-hybridized carbons (Fsp3) is 0. The van der Waals surface area contributed by atoms with Crippen LogP contribution < -0.4 is 0 Å². The lowest BCUT2D eigenvalue weighted by Crippen LogP contribution is -0.990. The summed E-state index contributed by atoms with van der Waals surface area (Å²) in [6, 6.07) is 0. The van der Waals surface area contributed by atoms with Gasteiger partial charge in [0.2, 0.25) is 0 Å². The Labute approximate surface area is 70.8 Å². The maximum absolute atomic E-state index is 10.1. The van der Waals surface area contributed by atoms with Crippen molar-refractivity contribution >= 4 is 0 Å². The van der Waals surface area contributed by atoms with Crippen LogP contribution >= 0.6 is 0 Å². The molecular formula is C10H19F. The highest BCUT2D eigenvalue weighted by molar-refractivity contribution is 4.39. The summed E-state index contributed by atoms with van der Waals surface area (Å²) in [5.41, 5.74) is 0. The highest BCUT2D eigenvalue weighted by atomic mass is 19.1. The predicted octanol–water partition coefficient (Wildman–Crippen LogP) is 4.31. The standard InChI is InChI=1S/C2H3F.4C2H4/c1-2-3;4*1-2/h2H,1H2;4*1-2H2. The van der Waals surface area contributed by atoms with E-state index < -0.39 is 0 Å². The van der Waals surface area contributed by atoms with E-state index in [1.807, 2.05) is 0 Å². The molecule has 0 aromatic heterocycles. The molecule has 0 atom stereocenters. The topological polar surface area (TPSA) is 0 Å². The summed E-state index contributed by atoms with van der Waals surface area (Å²) in [6.07, 6.45) is 0.250. The minimum atomic E-state index is 0.250. The Kier molecular flexibility index (Phi) is 11200. The molecular weight excluding hydrogens is 139 g/mol. The first-order valence-corrected chi connectivity index (χ1v) is 2.63. The van der Waals surface area contributed by atoms with Gasteiger partial charge >= 0.3 is 0 Å². The zero-order valence-electron chi connectivity index (χ0n) is 7.32. The van der Waals surface area contributed by atoms with Gasteiger partial charge in [0, 0.05) is 0 Å². The highest BCUT2D eigenvalue weighted by Gasteiger charge is 1.19. The zero-order chi connectivity index (χ0) is 10.7. The Morgan fingerprint density at radius 1 is 0.636 bits per heavy atom. The second kappa shape index (κ2) is 3670. The SMILES string of the molecule is C=C.C=C.C=C.C=C.C=CF. The summed E-state index contributed by atoms with van der Waals surface area (Å²) in [4.78, 5) is 0. The number of halogens is 1. The van der Waals surface area contributed by atoms with Crippen molar-refractivity contribution in [1.82, 2.24) is 0 Å². The Morgan fingerprint density at radius 2 is 0.636 bits per heavy atom. The molecule has 0 N–H and O–H groups in total. The molecule has 0 aromatic rings. The van der Waals surface area contributed by atoms with E-state index in [2.05, 4.69) is 59.2 Å². The summed E-state index contributed by atoms with van der Waals surface area (Å²) in [6.45, 7) is 26.7. The van der Waals surface area contributed by atoms with Gasteiger partial charge in [0.1, 0.15) is 0 Å². The van der Waals surface area contributed by atoms with E-state index in [1.165, 1.54) is 0 Å². The molecule has 0 bridgehead atoms. The van der Waals surface area contributed by atoms with Gasteiger partial charge in [0.15, 0.2) is 0 Å². The van der Waals surface area contributed by atoms with Crippen LogP contribution in [-0.4, -0.2) is 0 Å². The van der Waals surface area contributed by atoms with Crippen LogP contribution in [0.3, 0.4) is 0 Å². The molecule has 0 nitrogen and oxygen atoms in total. The second-order valence-electron chi connectivity index (χ2n) is 0.154. The first-order valence-electron chi connectivity index (χ1n) is 2.63. The van der Waals surface area contributed by atoms with Crippen LogP contribution in [0.5, 0.6) is 0 Å². The number of hydrogen-bond acceptors (Lipinski definition) is 0. The quantitative estimate of drug-likeness (QED) is 0.461. The van der Waals surface area contributed by atoms with Gasteiger partial charge < -0.3 is 0 Å². The molecule has 0 rings (SSSR count). The fourth-order valence-electron chi connectivity index (χ4n) is 0.